The SMILES string of the molecule is O=S(=O)(Cl)c1ccncc1. The predicted molar refractivity (Wildman–Crippen MR) is 37.3 cm³/mol. The van der Waals surface area contributed by atoms with Crippen LogP contribution in [0.4, 0.5) is 0 Å². The minimum Gasteiger partial charge on any atom is -0.265 e. The second-order valence-electron chi connectivity index (χ2n) is 1.62. The van der Waals surface area contributed by atoms with Crippen molar-refractivity contribution < 1.29 is 8.42 Å². The molecule has 1 aromatic heterocycles. The van der Waals surface area contributed by atoms with Crippen molar-refractivity contribution in [3.05, 3.63) is 24.5 Å². The van der Waals surface area contributed by atoms with E-state index in [1.807, 2.05) is 0 Å². The smallest absolute Gasteiger partial charge is 0.261 e. The summed E-state index contributed by atoms with van der Waals surface area (Å²) in [5.74, 6) is 0. The summed E-state index contributed by atoms with van der Waals surface area (Å²) in [5, 5.41) is 0. The van der Waals surface area contributed by atoms with Crippen LogP contribution in [0.2, 0.25) is 0 Å². The fourth-order valence-corrected chi connectivity index (χ4v) is 1.26. The maximum absolute atomic E-state index is 10.6. The van der Waals surface area contributed by atoms with Crippen LogP contribution in [0.3, 0.4) is 0 Å². The van der Waals surface area contributed by atoms with E-state index in [1.54, 1.807) is 0 Å². The number of hydrogen-bond acceptors (Lipinski definition) is 3. The molecule has 0 aliphatic rings. The Bertz CT molecular complexity index is 308. The van der Waals surface area contributed by atoms with Crippen LogP contribution in [-0.2, 0) is 9.05 Å². The largest absolute Gasteiger partial charge is 0.265 e. The van der Waals surface area contributed by atoms with Crippen molar-refractivity contribution in [2.75, 3.05) is 0 Å². The maximum Gasteiger partial charge on any atom is 0.261 e. The van der Waals surface area contributed by atoms with Gasteiger partial charge in [-0.3, -0.25) is 4.98 Å². The van der Waals surface area contributed by atoms with Crippen LogP contribution < -0.4 is 0 Å². The maximum atomic E-state index is 10.6. The summed E-state index contributed by atoms with van der Waals surface area (Å²) in [6.07, 6.45) is 2.74. The molecule has 0 aliphatic carbocycles. The first kappa shape index (κ1) is 7.50. The van der Waals surface area contributed by atoms with Gasteiger partial charge in [-0.1, -0.05) is 0 Å². The molecular formula is C5H4ClNO2S. The first-order valence-corrected chi connectivity index (χ1v) is 4.76. The highest BCUT2D eigenvalue weighted by Gasteiger charge is 2.06. The molecule has 1 heterocycles. The third-order valence-electron chi connectivity index (χ3n) is 0.931. The Morgan fingerprint density at radius 1 is 1.30 bits per heavy atom. The van der Waals surface area contributed by atoms with Gasteiger partial charge in [0.25, 0.3) is 9.05 Å². The predicted octanol–water partition coefficient (Wildman–Crippen LogP) is 1.01. The molecule has 0 atom stereocenters. The van der Waals surface area contributed by atoms with Gasteiger partial charge in [0.15, 0.2) is 0 Å². The third kappa shape index (κ3) is 1.68. The molecule has 0 radical (unpaired) electrons. The van der Waals surface area contributed by atoms with Crippen LogP contribution in [0.25, 0.3) is 0 Å². The average molecular weight is 178 g/mol. The van der Waals surface area contributed by atoms with Crippen molar-refractivity contribution in [2.45, 2.75) is 4.90 Å². The Morgan fingerprint density at radius 3 is 2.10 bits per heavy atom. The van der Waals surface area contributed by atoms with Crippen molar-refractivity contribution in [2.24, 2.45) is 0 Å². The first-order valence-electron chi connectivity index (χ1n) is 2.45. The van der Waals surface area contributed by atoms with Gasteiger partial charge in [-0.2, -0.15) is 0 Å². The molecule has 10 heavy (non-hydrogen) atoms. The Balaban J connectivity index is 3.22. The zero-order valence-electron chi connectivity index (χ0n) is 4.86. The fraction of sp³-hybridized carbons (Fsp3) is 0. The highest BCUT2D eigenvalue weighted by molar-refractivity contribution is 8.13. The quantitative estimate of drug-likeness (QED) is 0.602. The van der Waals surface area contributed by atoms with Crippen LogP contribution in [0.5, 0.6) is 0 Å². The summed E-state index contributed by atoms with van der Waals surface area (Å²) in [4.78, 5) is 3.71. The highest BCUT2D eigenvalue weighted by atomic mass is 35.7. The van der Waals surface area contributed by atoms with Crippen molar-refractivity contribution >= 4 is 19.7 Å². The summed E-state index contributed by atoms with van der Waals surface area (Å²) < 4.78 is 21.1. The molecule has 0 spiro atoms. The topological polar surface area (TPSA) is 47.0 Å². The number of aromatic nitrogens is 1. The Kier molecular flexibility index (Phi) is 1.92. The molecule has 0 saturated carbocycles. The standard InChI is InChI=1S/C5H4ClNO2S/c6-10(8,9)5-1-3-7-4-2-5/h1-4H. The van der Waals surface area contributed by atoms with Gasteiger partial charge in [-0.15, -0.1) is 0 Å². The van der Waals surface area contributed by atoms with Gasteiger partial charge in [0, 0.05) is 23.1 Å². The molecule has 5 heteroatoms. The van der Waals surface area contributed by atoms with E-state index >= 15 is 0 Å². The molecule has 0 unspecified atom stereocenters. The van der Waals surface area contributed by atoms with Crippen LogP contribution in [0.1, 0.15) is 0 Å². The van der Waals surface area contributed by atoms with Crippen molar-refractivity contribution in [1.82, 2.24) is 4.98 Å². The van der Waals surface area contributed by atoms with Gasteiger partial charge in [-0.05, 0) is 12.1 Å². The fourth-order valence-electron chi connectivity index (χ4n) is 0.501. The van der Waals surface area contributed by atoms with E-state index in [0.717, 1.165) is 0 Å². The molecule has 0 amide bonds. The van der Waals surface area contributed by atoms with Crippen LogP contribution >= 0.6 is 10.7 Å². The molecule has 54 valence electrons. The zero-order chi connectivity index (χ0) is 7.61. The van der Waals surface area contributed by atoms with E-state index in [9.17, 15) is 8.42 Å². The van der Waals surface area contributed by atoms with Crippen molar-refractivity contribution in [3.8, 4) is 0 Å². The molecule has 1 rings (SSSR count). The number of nitrogens with zero attached hydrogens (tertiary/aromatic N) is 1. The third-order valence-corrected chi connectivity index (χ3v) is 2.30. The second kappa shape index (κ2) is 2.56. The Labute approximate surface area is 63.1 Å². The van der Waals surface area contributed by atoms with Crippen LogP contribution in [0, 0.1) is 0 Å². The van der Waals surface area contributed by atoms with Crippen molar-refractivity contribution in [1.29, 1.82) is 0 Å². The molecule has 0 aliphatic heterocycles. The zero-order valence-corrected chi connectivity index (χ0v) is 6.43. The van der Waals surface area contributed by atoms with Gasteiger partial charge in [0.1, 0.15) is 0 Å². The van der Waals surface area contributed by atoms with E-state index in [0.29, 0.717) is 0 Å². The second-order valence-corrected chi connectivity index (χ2v) is 4.19. The summed E-state index contributed by atoms with van der Waals surface area (Å²) in [7, 11) is 1.43. The molecule has 0 aromatic carbocycles. The summed E-state index contributed by atoms with van der Waals surface area (Å²) in [5.41, 5.74) is 0. The normalized spacial score (nSPS) is 11.3. The monoisotopic (exact) mass is 177 g/mol. The molecular weight excluding hydrogens is 174 g/mol. The number of hydrogen-bond donors (Lipinski definition) is 0. The summed E-state index contributed by atoms with van der Waals surface area (Å²) in [6, 6.07) is 2.67. The van der Waals surface area contributed by atoms with Crippen LogP contribution in [-0.4, -0.2) is 13.4 Å². The van der Waals surface area contributed by atoms with Gasteiger partial charge >= 0.3 is 0 Å². The first-order chi connectivity index (χ1) is 4.61. The minimum absolute atomic E-state index is 0.0733. The van der Waals surface area contributed by atoms with Crippen LogP contribution in [0.15, 0.2) is 29.4 Å². The lowest BCUT2D eigenvalue weighted by Gasteiger charge is -1.90. The Morgan fingerprint density at radius 2 is 1.80 bits per heavy atom. The van der Waals surface area contributed by atoms with E-state index < -0.39 is 9.05 Å². The Hall–Kier alpha value is -0.610. The lowest BCUT2D eigenvalue weighted by molar-refractivity contribution is 0.609. The molecule has 1 aromatic rings. The van der Waals surface area contributed by atoms with E-state index in [-0.39, 0.29) is 4.90 Å². The lowest BCUT2D eigenvalue weighted by Crippen LogP contribution is -1.88. The van der Waals surface area contributed by atoms with Gasteiger partial charge in [-0.25, -0.2) is 8.42 Å². The van der Waals surface area contributed by atoms with Gasteiger partial charge < -0.3 is 0 Å². The molecule has 0 N–H and O–H groups in total. The molecule has 0 saturated heterocycles. The number of pyridine rings is 1. The van der Waals surface area contributed by atoms with Gasteiger partial charge in [0.05, 0.1) is 4.90 Å². The van der Waals surface area contributed by atoms with Crippen molar-refractivity contribution in [3.63, 3.8) is 0 Å². The summed E-state index contributed by atoms with van der Waals surface area (Å²) >= 11 is 0. The lowest BCUT2D eigenvalue weighted by atomic mass is 10.5. The summed E-state index contributed by atoms with van der Waals surface area (Å²) in [6.45, 7) is 0. The molecule has 0 bridgehead atoms. The van der Waals surface area contributed by atoms with E-state index in [1.165, 1.54) is 24.5 Å². The number of halogens is 1. The molecule has 3 nitrogen and oxygen atoms in total. The van der Waals surface area contributed by atoms with Gasteiger partial charge in [0.2, 0.25) is 0 Å². The molecule has 0 fully saturated rings. The highest BCUT2D eigenvalue weighted by Crippen LogP contribution is 2.11. The minimum atomic E-state index is -3.57. The number of rotatable bonds is 1. The average Bonchev–Trinajstić information content (AvgIpc) is 1.88. The van der Waals surface area contributed by atoms with E-state index in [4.69, 9.17) is 10.7 Å². The van der Waals surface area contributed by atoms with E-state index in [2.05, 4.69) is 4.98 Å².